The van der Waals surface area contributed by atoms with E-state index in [4.69, 9.17) is 0 Å². The summed E-state index contributed by atoms with van der Waals surface area (Å²) in [6, 6.07) is 0.00116. The predicted molar refractivity (Wildman–Crippen MR) is 42.3 cm³/mol. The van der Waals surface area contributed by atoms with E-state index in [1.165, 1.54) is 6.92 Å². The van der Waals surface area contributed by atoms with Gasteiger partial charge in [-0.1, -0.05) is 6.42 Å². The molecule has 64 valence electrons. The van der Waals surface area contributed by atoms with Crippen LogP contribution < -0.4 is 5.32 Å². The zero-order valence-corrected chi connectivity index (χ0v) is 6.84. The first kappa shape index (κ1) is 8.68. The van der Waals surface area contributed by atoms with Crippen molar-refractivity contribution in [1.29, 1.82) is 0 Å². The van der Waals surface area contributed by atoms with Gasteiger partial charge in [0, 0.05) is 6.04 Å². The van der Waals surface area contributed by atoms with Crippen LogP contribution in [0.25, 0.3) is 0 Å². The number of carbonyl (C=O) groups is 1. The van der Waals surface area contributed by atoms with E-state index >= 15 is 0 Å². The molecule has 0 aromatic heterocycles. The van der Waals surface area contributed by atoms with Gasteiger partial charge in [0.15, 0.2) is 5.78 Å². The van der Waals surface area contributed by atoms with E-state index in [-0.39, 0.29) is 11.8 Å². The van der Waals surface area contributed by atoms with Gasteiger partial charge < -0.3 is 10.4 Å². The Morgan fingerprint density at radius 2 is 2.36 bits per heavy atom. The summed E-state index contributed by atoms with van der Waals surface area (Å²) in [7, 11) is 0. The average Bonchev–Trinajstić information content (AvgIpc) is 2.05. The molecule has 0 aliphatic carbocycles. The van der Waals surface area contributed by atoms with Crippen LogP contribution in [0.15, 0.2) is 0 Å². The molecule has 2 N–H and O–H groups in total. The molecule has 1 fully saturated rings. The molecule has 0 amide bonds. The van der Waals surface area contributed by atoms with Crippen molar-refractivity contribution in [2.45, 2.75) is 38.3 Å². The highest BCUT2D eigenvalue weighted by Crippen LogP contribution is 2.10. The minimum Gasteiger partial charge on any atom is -0.384 e. The predicted octanol–water partition coefficient (Wildman–Crippen LogP) is 0.0784. The van der Waals surface area contributed by atoms with Crippen molar-refractivity contribution in [2.75, 3.05) is 6.54 Å². The second kappa shape index (κ2) is 3.83. The molecule has 1 saturated heterocycles. The maximum atomic E-state index is 10.8. The van der Waals surface area contributed by atoms with E-state index in [1.807, 2.05) is 0 Å². The van der Waals surface area contributed by atoms with E-state index in [9.17, 15) is 9.90 Å². The largest absolute Gasteiger partial charge is 0.384 e. The molecule has 3 nitrogen and oxygen atoms in total. The van der Waals surface area contributed by atoms with Gasteiger partial charge in [-0.05, 0) is 26.3 Å². The van der Waals surface area contributed by atoms with Crippen LogP contribution in [0.4, 0.5) is 0 Å². The average molecular weight is 157 g/mol. The van der Waals surface area contributed by atoms with Gasteiger partial charge >= 0.3 is 0 Å². The number of Topliss-reactive ketones (excluding diaryl/α,β-unsaturated/α-hetero) is 1. The van der Waals surface area contributed by atoms with Crippen molar-refractivity contribution in [3.8, 4) is 0 Å². The summed E-state index contributed by atoms with van der Waals surface area (Å²) >= 11 is 0. The fraction of sp³-hybridized carbons (Fsp3) is 0.875. The second-order valence-corrected chi connectivity index (χ2v) is 3.11. The summed E-state index contributed by atoms with van der Waals surface area (Å²) in [5.74, 6) is -0.135. The lowest BCUT2D eigenvalue weighted by Crippen LogP contribution is -2.46. The number of aliphatic hydroxyl groups excluding tert-OH is 1. The van der Waals surface area contributed by atoms with Gasteiger partial charge in [0.05, 0.1) is 0 Å². The van der Waals surface area contributed by atoms with Crippen LogP contribution in [0.2, 0.25) is 0 Å². The molecule has 0 aromatic rings. The first-order chi connectivity index (χ1) is 5.22. The van der Waals surface area contributed by atoms with Crippen molar-refractivity contribution in [3.05, 3.63) is 0 Å². The third-order valence-corrected chi connectivity index (χ3v) is 2.15. The molecule has 0 saturated carbocycles. The zero-order valence-electron chi connectivity index (χ0n) is 6.84. The Bertz CT molecular complexity index is 141. The van der Waals surface area contributed by atoms with E-state index in [0.29, 0.717) is 0 Å². The molecule has 0 spiro atoms. The molecule has 1 aliphatic rings. The first-order valence-electron chi connectivity index (χ1n) is 4.13. The topological polar surface area (TPSA) is 49.3 Å². The van der Waals surface area contributed by atoms with Crippen molar-refractivity contribution in [1.82, 2.24) is 5.32 Å². The number of rotatable bonds is 2. The zero-order chi connectivity index (χ0) is 8.27. The summed E-state index contributed by atoms with van der Waals surface area (Å²) in [6.45, 7) is 2.36. The normalized spacial score (nSPS) is 28.0. The third kappa shape index (κ3) is 2.27. The van der Waals surface area contributed by atoms with Crippen molar-refractivity contribution in [2.24, 2.45) is 0 Å². The minimum absolute atomic E-state index is 0.00116. The SMILES string of the molecule is CC(=O)C(O)C1CCCCN1. The van der Waals surface area contributed by atoms with Crippen LogP contribution in [0.5, 0.6) is 0 Å². The molecule has 0 bridgehead atoms. The summed E-state index contributed by atoms with van der Waals surface area (Å²) in [5.41, 5.74) is 0. The lowest BCUT2D eigenvalue weighted by atomic mass is 9.98. The van der Waals surface area contributed by atoms with Gasteiger partial charge in [0.25, 0.3) is 0 Å². The van der Waals surface area contributed by atoms with Crippen molar-refractivity contribution in [3.63, 3.8) is 0 Å². The van der Waals surface area contributed by atoms with Gasteiger partial charge in [-0.2, -0.15) is 0 Å². The minimum atomic E-state index is -0.796. The lowest BCUT2D eigenvalue weighted by Gasteiger charge is -2.26. The molecule has 0 radical (unpaired) electrons. The van der Waals surface area contributed by atoms with Crippen LogP contribution in [-0.4, -0.2) is 29.6 Å². The third-order valence-electron chi connectivity index (χ3n) is 2.15. The number of ketones is 1. The van der Waals surface area contributed by atoms with E-state index in [0.717, 1.165) is 25.8 Å². The number of piperidine rings is 1. The second-order valence-electron chi connectivity index (χ2n) is 3.11. The molecule has 1 rings (SSSR count). The van der Waals surface area contributed by atoms with Crippen molar-refractivity contribution < 1.29 is 9.90 Å². The van der Waals surface area contributed by atoms with Crippen LogP contribution >= 0.6 is 0 Å². The van der Waals surface area contributed by atoms with Gasteiger partial charge in [-0.25, -0.2) is 0 Å². The van der Waals surface area contributed by atoms with E-state index < -0.39 is 6.10 Å². The lowest BCUT2D eigenvalue weighted by molar-refractivity contribution is -0.126. The van der Waals surface area contributed by atoms with Crippen LogP contribution in [0.1, 0.15) is 26.2 Å². The van der Waals surface area contributed by atoms with Crippen LogP contribution in [0, 0.1) is 0 Å². The Labute approximate surface area is 66.8 Å². The maximum Gasteiger partial charge on any atom is 0.159 e. The number of hydrogen-bond donors (Lipinski definition) is 2. The molecule has 3 heteroatoms. The monoisotopic (exact) mass is 157 g/mol. The molecule has 1 heterocycles. The smallest absolute Gasteiger partial charge is 0.159 e. The molecule has 2 atom stereocenters. The Morgan fingerprint density at radius 1 is 1.64 bits per heavy atom. The molecule has 11 heavy (non-hydrogen) atoms. The van der Waals surface area contributed by atoms with Gasteiger partial charge in [-0.3, -0.25) is 4.79 Å². The standard InChI is InChI=1S/C8H15NO2/c1-6(10)8(11)7-4-2-3-5-9-7/h7-9,11H,2-5H2,1H3. The Balaban J connectivity index is 2.38. The maximum absolute atomic E-state index is 10.8. The highest BCUT2D eigenvalue weighted by molar-refractivity contribution is 5.80. The van der Waals surface area contributed by atoms with Gasteiger partial charge in [-0.15, -0.1) is 0 Å². The van der Waals surface area contributed by atoms with Gasteiger partial charge in [0.1, 0.15) is 6.10 Å². The number of hydrogen-bond acceptors (Lipinski definition) is 3. The number of nitrogens with one attached hydrogen (secondary N) is 1. The Morgan fingerprint density at radius 3 is 2.82 bits per heavy atom. The van der Waals surface area contributed by atoms with E-state index in [2.05, 4.69) is 5.32 Å². The summed E-state index contributed by atoms with van der Waals surface area (Å²) in [6.07, 6.45) is 2.39. The van der Waals surface area contributed by atoms with Crippen molar-refractivity contribution >= 4 is 5.78 Å². The molecule has 0 aromatic carbocycles. The quantitative estimate of drug-likeness (QED) is 0.596. The van der Waals surface area contributed by atoms with Gasteiger partial charge in [0.2, 0.25) is 0 Å². The highest BCUT2D eigenvalue weighted by atomic mass is 16.3. The number of carbonyl (C=O) groups excluding carboxylic acids is 1. The Hall–Kier alpha value is -0.410. The molecule has 2 unspecified atom stereocenters. The van der Waals surface area contributed by atoms with E-state index in [1.54, 1.807) is 0 Å². The molecular weight excluding hydrogens is 142 g/mol. The first-order valence-corrected chi connectivity index (χ1v) is 4.13. The highest BCUT2D eigenvalue weighted by Gasteiger charge is 2.23. The fourth-order valence-corrected chi connectivity index (χ4v) is 1.43. The Kier molecular flexibility index (Phi) is 3.02. The summed E-state index contributed by atoms with van der Waals surface area (Å²) in [5, 5.41) is 12.5. The summed E-state index contributed by atoms with van der Waals surface area (Å²) in [4.78, 5) is 10.8. The summed E-state index contributed by atoms with van der Waals surface area (Å²) < 4.78 is 0. The number of aliphatic hydroxyl groups is 1. The fourth-order valence-electron chi connectivity index (χ4n) is 1.43. The van der Waals surface area contributed by atoms with Crippen LogP contribution in [0.3, 0.4) is 0 Å². The molecule has 1 aliphatic heterocycles. The molecular formula is C8H15NO2. The van der Waals surface area contributed by atoms with Crippen LogP contribution in [-0.2, 0) is 4.79 Å².